The van der Waals surface area contributed by atoms with Gasteiger partial charge in [0.15, 0.2) is 4.96 Å². The van der Waals surface area contributed by atoms with Gasteiger partial charge in [-0.15, -0.1) is 11.3 Å². The smallest absolute Gasteiger partial charge is 0.347 e. The second kappa shape index (κ2) is 3.68. The molecule has 86 valence electrons. The van der Waals surface area contributed by atoms with Gasteiger partial charge >= 0.3 is 5.97 Å². The van der Waals surface area contributed by atoms with Gasteiger partial charge in [-0.3, -0.25) is 4.40 Å². The molecule has 0 aliphatic carbocycles. The normalized spacial score (nSPS) is 11.1. The van der Waals surface area contributed by atoms with Gasteiger partial charge < -0.3 is 5.11 Å². The van der Waals surface area contributed by atoms with E-state index in [1.54, 1.807) is 18.3 Å². The first-order valence-corrected chi connectivity index (χ1v) is 6.62. The SMILES string of the molecule is Cc1c(C(=O)O)sc2nc(-c3cccs3)cn12. The van der Waals surface area contributed by atoms with E-state index in [0.29, 0.717) is 4.88 Å². The Morgan fingerprint density at radius 3 is 2.94 bits per heavy atom. The van der Waals surface area contributed by atoms with Crippen LogP contribution in [-0.4, -0.2) is 20.5 Å². The minimum Gasteiger partial charge on any atom is -0.477 e. The zero-order chi connectivity index (χ0) is 12.0. The summed E-state index contributed by atoms with van der Waals surface area (Å²) in [7, 11) is 0. The number of imidazole rings is 1. The van der Waals surface area contributed by atoms with Gasteiger partial charge in [-0.25, -0.2) is 9.78 Å². The predicted molar refractivity (Wildman–Crippen MR) is 68.1 cm³/mol. The molecule has 0 amide bonds. The van der Waals surface area contributed by atoms with Crippen LogP contribution in [0.1, 0.15) is 15.4 Å². The molecule has 0 bridgehead atoms. The van der Waals surface area contributed by atoms with Gasteiger partial charge in [0.05, 0.1) is 4.88 Å². The number of carboxylic acid groups (broad SMARTS) is 1. The molecule has 17 heavy (non-hydrogen) atoms. The van der Waals surface area contributed by atoms with Crippen LogP contribution in [0.3, 0.4) is 0 Å². The summed E-state index contributed by atoms with van der Waals surface area (Å²) in [5.41, 5.74) is 1.62. The molecule has 3 rings (SSSR count). The number of nitrogens with zero attached hydrogens (tertiary/aromatic N) is 2. The Balaban J connectivity index is 2.19. The molecule has 0 atom stereocenters. The number of aryl methyl sites for hydroxylation is 1. The highest BCUT2D eigenvalue weighted by molar-refractivity contribution is 7.19. The Labute approximate surface area is 105 Å². The Hall–Kier alpha value is -1.66. The number of aromatic carboxylic acids is 1. The fraction of sp³-hybridized carbons (Fsp3) is 0.0909. The Morgan fingerprint density at radius 2 is 2.35 bits per heavy atom. The van der Waals surface area contributed by atoms with Gasteiger partial charge in [0.25, 0.3) is 0 Å². The average molecular weight is 264 g/mol. The molecule has 3 aromatic heterocycles. The molecule has 0 spiro atoms. The standard InChI is InChI=1S/C11H8N2O2S2/c1-6-9(10(14)15)17-11-12-7(5-13(6)11)8-3-2-4-16-8/h2-5H,1H3,(H,14,15). The van der Waals surface area contributed by atoms with Crippen LogP contribution in [0, 0.1) is 6.92 Å². The van der Waals surface area contributed by atoms with E-state index in [-0.39, 0.29) is 0 Å². The van der Waals surface area contributed by atoms with Crippen LogP contribution in [-0.2, 0) is 0 Å². The lowest BCUT2D eigenvalue weighted by molar-refractivity contribution is 0.0701. The van der Waals surface area contributed by atoms with E-state index in [9.17, 15) is 4.79 Å². The fourth-order valence-corrected chi connectivity index (χ4v) is 3.32. The number of carbonyl (C=O) groups is 1. The highest BCUT2D eigenvalue weighted by Crippen LogP contribution is 2.29. The van der Waals surface area contributed by atoms with Gasteiger partial charge in [-0.05, 0) is 18.4 Å². The summed E-state index contributed by atoms with van der Waals surface area (Å²) in [5, 5.41) is 11.0. The van der Waals surface area contributed by atoms with Crippen molar-refractivity contribution in [2.24, 2.45) is 0 Å². The van der Waals surface area contributed by atoms with Crippen molar-refractivity contribution in [2.75, 3.05) is 0 Å². The molecule has 1 N–H and O–H groups in total. The van der Waals surface area contributed by atoms with Gasteiger partial charge in [-0.1, -0.05) is 17.4 Å². The van der Waals surface area contributed by atoms with E-state index in [4.69, 9.17) is 5.11 Å². The average Bonchev–Trinajstić information content (AvgIpc) is 2.94. The van der Waals surface area contributed by atoms with E-state index in [1.165, 1.54) is 11.3 Å². The monoisotopic (exact) mass is 264 g/mol. The van der Waals surface area contributed by atoms with Crippen LogP contribution in [0.2, 0.25) is 0 Å². The first-order chi connectivity index (χ1) is 8.16. The molecule has 0 aliphatic heterocycles. The van der Waals surface area contributed by atoms with Gasteiger partial charge in [-0.2, -0.15) is 0 Å². The summed E-state index contributed by atoms with van der Waals surface area (Å²) < 4.78 is 1.84. The highest BCUT2D eigenvalue weighted by atomic mass is 32.1. The molecule has 0 fully saturated rings. The van der Waals surface area contributed by atoms with E-state index in [1.807, 2.05) is 28.1 Å². The van der Waals surface area contributed by atoms with Gasteiger partial charge in [0, 0.05) is 11.9 Å². The maximum atomic E-state index is 11.0. The number of fused-ring (bicyclic) bond motifs is 1. The van der Waals surface area contributed by atoms with Crippen molar-refractivity contribution in [1.82, 2.24) is 9.38 Å². The third-order valence-corrected chi connectivity index (χ3v) is 4.56. The van der Waals surface area contributed by atoms with E-state index >= 15 is 0 Å². The maximum absolute atomic E-state index is 11.0. The largest absolute Gasteiger partial charge is 0.477 e. The summed E-state index contributed by atoms with van der Waals surface area (Å²) in [4.78, 5) is 17.6. The molecule has 3 heterocycles. The number of carboxylic acids is 1. The summed E-state index contributed by atoms with van der Waals surface area (Å²) >= 11 is 2.83. The molecule has 4 nitrogen and oxygen atoms in total. The molecular formula is C11H8N2O2S2. The third kappa shape index (κ3) is 1.57. The minimum atomic E-state index is -0.893. The third-order valence-electron chi connectivity index (χ3n) is 2.52. The number of thiophene rings is 1. The molecule has 0 aliphatic rings. The van der Waals surface area contributed by atoms with Crippen LogP contribution in [0.15, 0.2) is 23.7 Å². The first kappa shape index (κ1) is 10.5. The number of hydrogen-bond acceptors (Lipinski definition) is 4. The maximum Gasteiger partial charge on any atom is 0.347 e. The highest BCUT2D eigenvalue weighted by Gasteiger charge is 2.17. The van der Waals surface area contributed by atoms with Gasteiger partial charge in [0.1, 0.15) is 10.6 Å². The van der Waals surface area contributed by atoms with Crippen molar-refractivity contribution in [3.8, 4) is 10.6 Å². The van der Waals surface area contributed by atoms with Crippen LogP contribution >= 0.6 is 22.7 Å². The van der Waals surface area contributed by atoms with E-state index in [0.717, 1.165) is 21.2 Å². The van der Waals surface area contributed by atoms with Crippen LogP contribution in [0.5, 0.6) is 0 Å². The molecule has 0 aromatic carbocycles. The van der Waals surface area contributed by atoms with Crippen LogP contribution < -0.4 is 0 Å². The van der Waals surface area contributed by atoms with Crippen molar-refractivity contribution in [2.45, 2.75) is 6.92 Å². The lowest BCUT2D eigenvalue weighted by Crippen LogP contribution is -1.96. The predicted octanol–water partition coefficient (Wildman–Crippen LogP) is 3.13. The zero-order valence-corrected chi connectivity index (χ0v) is 10.5. The molecule has 0 saturated heterocycles. The Bertz CT molecular complexity index is 695. The molecule has 3 aromatic rings. The quantitative estimate of drug-likeness (QED) is 0.773. The number of rotatable bonds is 2. The summed E-state index contributed by atoms with van der Waals surface area (Å²) in [6.07, 6.45) is 1.89. The van der Waals surface area contributed by atoms with Crippen LogP contribution in [0.4, 0.5) is 0 Å². The molecule has 6 heteroatoms. The molecular weight excluding hydrogens is 256 g/mol. The van der Waals surface area contributed by atoms with Crippen molar-refractivity contribution in [3.63, 3.8) is 0 Å². The number of thiazole rings is 1. The van der Waals surface area contributed by atoms with Crippen molar-refractivity contribution < 1.29 is 9.90 Å². The topological polar surface area (TPSA) is 54.6 Å². The Kier molecular flexibility index (Phi) is 2.27. The zero-order valence-electron chi connectivity index (χ0n) is 8.88. The minimum absolute atomic E-state index is 0.352. The second-order valence-electron chi connectivity index (χ2n) is 3.58. The first-order valence-electron chi connectivity index (χ1n) is 4.92. The van der Waals surface area contributed by atoms with Crippen molar-refractivity contribution in [1.29, 1.82) is 0 Å². The second-order valence-corrected chi connectivity index (χ2v) is 5.50. The lowest BCUT2D eigenvalue weighted by atomic mass is 10.3. The van der Waals surface area contributed by atoms with Gasteiger partial charge in [0.2, 0.25) is 0 Å². The van der Waals surface area contributed by atoms with E-state index in [2.05, 4.69) is 4.98 Å². The molecule has 0 unspecified atom stereocenters. The summed E-state index contributed by atoms with van der Waals surface area (Å²) in [5.74, 6) is -0.893. The summed E-state index contributed by atoms with van der Waals surface area (Å²) in [6, 6.07) is 3.98. The molecule has 0 saturated carbocycles. The number of aromatic nitrogens is 2. The number of hydrogen-bond donors (Lipinski definition) is 1. The van der Waals surface area contributed by atoms with E-state index < -0.39 is 5.97 Å². The van der Waals surface area contributed by atoms with Crippen molar-refractivity contribution >= 4 is 33.6 Å². The Morgan fingerprint density at radius 1 is 1.53 bits per heavy atom. The lowest BCUT2D eigenvalue weighted by Gasteiger charge is -1.91. The van der Waals surface area contributed by atoms with Crippen molar-refractivity contribution in [3.05, 3.63) is 34.3 Å². The fourth-order valence-electron chi connectivity index (χ4n) is 1.69. The molecule has 0 radical (unpaired) electrons. The van der Waals surface area contributed by atoms with Crippen LogP contribution in [0.25, 0.3) is 15.5 Å². The summed E-state index contributed by atoms with van der Waals surface area (Å²) in [6.45, 7) is 1.80.